The van der Waals surface area contributed by atoms with Crippen LogP contribution < -0.4 is 10.1 Å². The van der Waals surface area contributed by atoms with Gasteiger partial charge in [0.1, 0.15) is 5.75 Å². The Morgan fingerprint density at radius 1 is 1.16 bits per heavy atom. The monoisotopic (exact) mass is 342 g/mol. The van der Waals surface area contributed by atoms with Gasteiger partial charge in [-0.1, -0.05) is 20.8 Å². The van der Waals surface area contributed by atoms with Crippen LogP contribution in [0.5, 0.6) is 5.75 Å². The highest BCUT2D eigenvalue weighted by atomic mass is 79.9. The summed E-state index contributed by atoms with van der Waals surface area (Å²) in [7, 11) is 1.67. The van der Waals surface area contributed by atoms with Crippen LogP contribution in [0.15, 0.2) is 29.6 Å². The largest absolute Gasteiger partial charge is 0.497 e. The summed E-state index contributed by atoms with van der Waals surface area (Å²) in [5.74, 6) is 0.857. The number of aromatic nitrogens is 1. The van der Waals surface area contributed by atoms with Gasteiger partial charge >= 0.3 is 0 Å². The highest BCUT2D eigenvalue weighted by Crippen LogP contribution is 2.28. The average molecular weight is 343 g/mol. The van der Waals surface area contributed by atoms with Crippen molar-refractivity contribution >= 4 is 39.1 Å². The molecular formula is C14H19BrN2OS. The average Bonchev–Trinajstić information content (AvgIpc) is 2.78. The van der Waals surface area contributed by atoms with E-state index < -0.39 is 0 Å². The molecule has 0 amide bonds. The molecule has 1 aromatic heterocycles. The number of thiazole rings is 1. The highest BCUT2D eigenvalue weighted by Gasteiger charge is 2.17. The molecule has 3 nitrogen and oxygen atoms in total. The Morgan fingerprint density at radius 3 is 2.26 bits per heavy atom. The van der Waals surface area contributed by atoms with Crippen molar-refractivity contribution in [2.45, 2.75) is 26.2 Å². The normalized spacial score (nSPS) is 10.7. The molecule has 0 aliphatic carbocycles. The number of methoxy groups -OCH3 is 1. The summed E-state index contributed by atoms with van der Waals surface area (Å²) in [6, 6.07) is 7.83. The molecule has 2 aromatic rings. The number of nitrogens with one attached hydrogen (secondary N) is 1. The van der Waals surface area contributed by atoms with Gasteiger partial charge in [-0.2, -0.15) is 0 Å². The van der Waals surface area contributed by atoms with Crippen LogP contribution in [0.25, 0.3) is 0 Å². The van der Waals surface area contributed by atoms with E-state index in [4.69, 9.17) is 4.74 Å². The molecule has 1 heterocycles. The lowest BCUT2D eigenvalue weighted by molar-refractivity contribution is 0.415. The lowest BCUT2D eigenvalue weighted by Gasteiger charge is -2.14. The molecule has 5 heteroatoms. The van der Waals surface area contributed by atoms with E-state index in [0.717, 1.165) is 22.3 Å². The molecule has 0 atom stereocenters. The predicted molar refractivity (Wildman–Crippen MR) is 87.4 cm³/mol. The van der Waals surface area contributed by atoms with Crippen LogP contribution in [0.4, 0.5) is 10.8 Å². The number of benzene rings is 1. The molecule has 1 N–H and O–H groups in total. The summed E-state index contributed by atoms with van der Waals surface area (Å²) in [6.45, 7) is 6.50. The van der Waals surface area contributed by atoms with Gasteiger partial charge in [0.15, 0.2) is 5.13 Å². The van der Waals surface area contributed by atoms with E-state index in [1.165, 1.54) is 0 Å². The first-order valence-electron chi connectivity index (χ1n) is 5.86. The Balaban J connectivity index is 0.00000180. The molecule has 0 unspecified atom stereocenters. The first-order chi connectivity index (χ1) is 8.49. The Hall–Kier alpha value is -1.07. The fourth-order valence-electron chi connectivity index (χ4n) is 1.47. The number of halogens is 1. The summed E-state index contributed by atoms with van der Waals surface area (Å²) in [5.41, 5.74) is 2.23. The van der Waals surface area contributed by atoms with E-state index >= 15 is 0 Å². The van der Waals surface area contributed by atoms with Crippen LogP contribution in [0.3, 0.4) is 0 Å². The fourth-order valence-corrected chi connectivity index (χ4v) is 2.43. The van der Waals surface area contributed by atoms with E-state index in [9.17, 15) is 0 Å². The Kier molecular flexibility index (Phi) is 5.38. The molecule has 0 aliphatic rings. The summed E-state index contributed by atoms with van der Waals surface area (Å²) in [6.07, 6.45) is 0. The number of hydrogen-bond donors (Lipinski definition) is 1. The van der Waals surface area contributed by atoms with Crippen molar-refractivity contribution in [3.8, 4) is 5.75 Å². The summed E-state index contributed by atoms with van der Waals surface area (Å²) in [4.78, 5) is 4.60. The lowest BCUT2D eigenvalue weighted by Crippen LogP contribution is -2.11. The van der Waals surface area contributed by atoms with Crippen LogP contribution in [0.1, 0.15) is 26.5 Å². The highest BCUT2D eigenvalue weighted by molar-refractivity contribution is 8.93. The van der Waals surface area contributed by atoms with Crippen LogP contribution in [0.2, 0.25) is 0 Å². The minimum Gasteiger partial charge on any atom is -0.497 e. The fraction of sp³-hybridized carbons (Fsp3) is 0.357. The molecule has 2 rings (SSSR count). The van der Waals surface area contributed by atoms with Gasteiger partial charge in [0.2, 0.25) is 0 Å². The molecular weight excluding hydrogens is 324 g/mol. The SMILES string of the molecule is Br.COc1ccc(Nc2nc(C(C)(C)C)cs2)cc1. The second kappa shape index (κ2) is 6.39. The first kappa shape index (κ1) is 16.0. The van der Waals surface area contributed by atoms with E-state index in [0.29, 0.717) is 0 Å². The van der Waals surface area contributed by atoms with Crippen molar-refractivity contribution in [1.29, 1.82) is 0 Å². The van der Waals surface area contributed by atoms with Crippen molar-refractivity contribution < 1.29 is 4.74 Å². The molecule has 0 saturated heterocycles. The minimum atomic E-state index is 0. The molecule has 1 aromatic carbocycles. The maximum absolute atomic E-state index is 5.13. The summed E-state index contributed by atoms with van der Waals surface area (Å²) in [5, 5.41) is 6.32. The molecule has 0 saturated carbocycles. The van der Waals surface area contributed by atoms with E-state index in [1.807, 2.05) is 24.3 Å². The van der Waals surface area contributed by atoms with Crippen LogP contribution >= 0.6 is 28.3 Å². The maximum Gasteiger partial charge on any atom is 0.187 e. The van der Waals surface area contributed by atoms with Gasteiger partial charge < -0.3 is 10.1 Å². The van der Waals surface area contributed by atoms with E-state index in [1.54, 1.807) is 18.4 Å². The van der Waals surface area contributed by atoms with Crippen molar-refractivity contribution in [1.82, 2.24) is 4.98 Å². The zero-order valence-corrected chi connectivity index (χ0v) is 14.1. The topological polar surface area (TPSA) is 34.1 Å². The number of hydrogen-bond acceptors (Lipinski definition) is 4. The third-order valence-corrected chi connectivity index (χ3v) is 3.37. The molecule has 0 spiro atoms. The van der Waals surface area contributed by atoms with Crippen LogP contribution in [0, 0.1) is 0 Å². The van der Waals surface area contributed by atoms with Gasteiger partial charge in [-0.3, -0.25) is 0 Å². The van der Waals surface area contributed by atoms with Gasteiger partial charge in [0, 0.05) is 16.5 Å². The molecule has 0 aliphatic heterocycles. The zero-order valence-electron chi connectivity index (χ0n) is 11.6. The van der Waals surface area contributed by atoms with Gasteiger partial charge in [-0.15, -0.1) is 28.3 Å². The molecule has 0 bridgehead atoms. The Bertz CT molecular complexity index is 517. The summed E-state index contributed by atoms with van der Waals surface area (Å²) < 4.78 is 5.13. The van der Waals surface area contributed by atoms with Crippen molar-refractivity contribution in [3.05, 3.63) is 35.3 Å². The maximum atomic E-state index is 5.13. The number of rotatable bonds is 3. The van der Waals surface area contributed by atoms with Gasteiger partial charge in [-0.25, -0.2) is 4.98 Å². The predicted octanol–water partition coefficient (Wildman–Crippen LogP) is 4.77. The standard InChI is InChI=1S/C14H18N2OS.BrH/c1-14(2,3)12-9-18-13(16-12)15-10-5-7-11(17-4)8-6-10;/h5-9H,1-4H3,(H,15,16);1H. The second-order valence-corrected chi connectivity index (χ2v) is 6.00. The Morgan fingerprint density at radius 2 is 1.79 bits per heavy atom. The second-order valence-electron chi connectivity index (χ2n) is 5.14. The molecule has 104 valence electrons. The number of nitrogens with zero attached hydrogens (tertiary/aromatic N) is 1. The van der Waals surface area contributed by atoms with Gasteiger partial charge in [-0.05, 0) is 24.3 Å². The van der Waals surface area contributed by atoms with Crippen molar-refractivity contribution in [2.24, 2.45) is 0 Å². The minimum absolute atomic E-state index is 0. The van der Waals surface area contributed by atoms with Gasteiger partial charge in [0.05, 0.1) is 12.8 Å². The summed E-state index contributed by atoms with van der Waals surface area (Å²) >= 11 is 1.63. The zero-order chi connectivity index (χ0) is 13.2. The third-order valence-electron chi connectivity index (χ3n) is 2.61. The van der Waals surface area contributed by atoms with Crippen molar-refractivity contribution in [2.75, 3.05) is 12.4 Å². The number of ether oxygens (including phenoxy) is 1. The van der Waals surface area contributed by atoms with E-state index in [2.05, 4.69) is 36.5 Å². The Labute approximate surface area is 128 Å². The number of anilines is 2. The quantitative estimate of drug-likeness (QED) is 0.872. The first-order valence-corrected chi connectivity index (χ1v) is 6.74. The molecule has 0 fully saturated rings. The smallest absolute Gasteiger partial charge is 0.187 e. The molecule has 0 radical (unpaired) electrons. The lowest BCUT2D eigenvalue weighted by atomic mass is 9.93. The third kappa shape index (κ3) is 4.21. The van der Waals surface area contributed by atoms with Crippen LogP contribution in [-0.4, -0.2) is 12.1 Å². The van der Waals surface area contributed by atoms with Gasteiger partial charge in [0.25, 0.3) is 0 Å². The van der Waals surface area contributed by atoms with Crippen molar-refractivity contribution in [3.63, 3.8) is 0 Å². The molecule has 19 heavy (non-hydrogen) atoms. The van der Waals surface area contributed by atoms with Crippen LogP contribution in [-0.2, 0) is 5.41 Å². The van der Waals surface area contributed by atoms with E-state index in [-0.39, 0.29) is 22.4 Å².